The van der Waals surface area contributed by atoms with E-state index in [1.807, 2.05) is 0 Å². The molecular weight excluding hydrogens is 167 g/mol. The molecule has 0 fully saturated rings. The Balaban J connectivity index is 3.67. The second kappa shape index (κ2) is 3.22. The number of hydrogen-bond donors (Lipinski definition) is 1. The summed E-state index contributed by atoms with van der Waals surface area (Å²) < 4.78 is 33.9. The molecule has 0 radical (unpaired) electrons. The normalized spacial score (nSPS) is 13.3. The fourth-order valence-electron chi connectivity index (χ4n) is 0.141. The molecule has 0 aromatic heterocycles. The molecule has 1 unspecified atom stereocenters. The summed E-state index contributed by atoms with van der Waals surface area (Å²) in [7, 11) is -6.08. The van der Waals surface area contributed by atoms with Gasteiger partial charge in [-0.2, -0.15) is 0 Å². The Kier molecular flexibility index (Phi) is 3.21. The van der Waals surface area contributed by atoms with Crippen LogP contribution < -0.4 is 0 Å². The van der Waals surface area contributed by atoms with Crippen molar-refractivity contribution in [2.24, 2.45) is 0 Å². The van der Waals surface area contributed by atoms with Crippen LogP contribution in [0.5, 0.6) is 0 Å². The summed E-state index contributed by atoms with van der Waals surface area (Å²) >= 11 is 0. The molecular formula is C2H6O5PS+. The molecule has 0 aromatic carbocycles. The third kappa shape index (κ3) is 7.97. The predicted octanol–water partition coefficient (Wildman–Crippen LogP) is -0.345. The maximum absolute atomic E-state index is 10.2. The summed E-state index contributed by atoms with van der Waals surface area (Å²) in [5.74, 6) is -0.710. The lowest BCUT2D eigenvalue weighted by atomic mass is 11.7. The molecule has 0 spiro atoms. The standard InChI is InChI=1S/C2H5O5PS/c1-9(5,6)2-7-8(3)4/h2H2,1H3/p+1. The van der Waals surface area contributed by atoms with E-state index in [2.05, 4.69) is 4.52 Å². The third-order valence-corrected chi connectivity index (χ3v) is 1.45. The van der Waals surface area contributed by atoms with Gasteiger partial charge in [0.25, 0.3) is 0 Å². The van der Waals surface area contributed by atoms with E-state index in [-0.39, 0.29) is 0 Å². The zero-order valence-corrected chi connectivity index (χ0v) is 6.35. The van der Waals surface area contributed by atoms with Crippen molar-refractivity contribution in [1.29, 1.82) is 0 Å². The van der Waals surface area contributed by atoms with Crippen molar-refractivity contribution in [3.8, 4) is 0 Å². The minimum Gasteiger partial charge on any atom is -0.227 e. The van der Waals surface area contributed by atoms with E-state index in [1.54, 1.807) is 0 Å². The lowest BCUT2D eigenvalue weighted by Gasteiger charge is -1.84. The molecule has 54 valence electrons. The van der Waals surface area contributed by atoms with Crippen LogP contribution in [0.3, 0.4) is 0 Å². The molecule has 0 rings (SSSR count). The van der Waals surface area contributed by atoms with Gasteiger partial charge in [0.2, 0.25) is 5.94 Å². The molecule has 0 aliphatic rings. The molecule has 9 heavy (non-hydrogen) atoms. The first-order valence-corrected chi connectivity index (χ1v) is 5.07. The van der Waals surface area contributed by atoms with Crippen LogP contribution in [-0.4, -0.2) is 25.5 Å². The Labute approximate surface area is 53.5 Å². The summed E-state index contributed by atoms with van der Waals surface area (Å²) in [6.07, 6.45) is 0.909. The lowest BCUT2D eigenvalue weighted by molar-refractivity contribution is 0.323. The Hall–Kier alpha value is -0.0300. The van der Waals surface area contributed by atoms with Gasteiger partial charge in [0.05, 0.1) is 0 Å². The summed E-state index contributed by atoms with van der Waals surface area (Å²) in [6.45, 7) is 0. The number of sulfone groups is 1. The maximum Gasteiger partial charge on any atom is 0.695 e. The van der Waals surface area contributed by atoms with Gasteiger partial charge in [-0.1, -0.05) is 0 Å². The van der Waals surface area contributed by atoms with E-state index in [4.69, 9.17) is 4.89 Å². The summed E-state index contributed by atoms with van der Waals surface area (Å²) in [5, 5.41) is 0. The van der Waals surface area contributed by atoms with Gasteiger partial charge in [-0.05, 0) is 0 Å². The van der Waals surface area contributed by atoms with Gasteiger partial charge in [0.15, 0.2) is 9.84 Å². The van der Waals surface area contributed by atoms with Crippen LogP contribution in [0.4, 0.5) is 0 Å². The molecule has 1 N–H and O–H groups in total. The van der Waals surface area contributed by atoms with Crippen molar-refractivity contribution in [3.05, 3.63) is 0 Å². The van der Waals surface area contributed by atoms with E-state index in [0.717, 1.165) is 6.26 Å². The van der Waals surface area contributed by atoms with Crippen molar-refractivity contribution >= 4 is 18.1 Å². The van der Waals surface area contributed by atoms with Gasteiger partial charge in [-0.3, -0.25) is 0 Å². The Morgan fingerprint density at radius 3 is 2.22 bits per heavy atom. The quantitative estimate of drug-likeness (QED) is 0.590. The van der Waals surface area contributed by atoms with E-state index in [0.29, 0.717) is 0 Å². The largest absolute Gasteiger partial charge is 0.695 e. The molecule has 0 aliphatic carbocycles. The van der Waals surface area contributed by atoms with Gasteiger partial charge < -0.3 is 0 Å². The Bertz CT molecular complexity index is 193. The average molecular weight is 173 g/mol. The van der Waals surface area contributed by atoms with Crippen LogP contribution in [0.25, 0.3) is 0 Å². The topological polar surface area (TPSA) is 80.7 Å². The van der Waals surface area contributed by atoms with Crippen LogP contribution in [0.1, 0.15) is 0 Å². The van der Waals surface area contributed by atoms with Gasteiger partial charge in [-0.25, -0.2) is 8.42 Å². The molecule has 1 atom stereocenters. The van der Waals surface area contributed by atoms with E-state index >= 15 is 0 Å². The molecule has 7 heteroatoms. The van der Waals surface area contributed by atoms with Gasteiger partial charge in [-0.15, -0.1) is 9.42 Å². The summed E-state index contributed by atoms with van der Waals surface area (Å²) in [5.41, 5.74) is 0. The third-order valence-electron chi connectivity index (χ3n) is 0.377. The van der Waals surface area contributed by atoms with Gasteiger partial charge >= 0.3 is 8.25 Å². The first-order chi connectivity index (χ1) is 3.92. The van der Waals surface area contributed by atoms with E-state index in [1.165, 1.54) is 0 Å². The van der Waals surface area contributed by atoms with Crippen molar-refractivity contribution in [2.75, 3.05) is 12.2 Å². The van der Waals surface area contributed by atoms with Crippen molar-refractivity contribution in [2.45, 2.75) is 0 Å². The minimum atomic E-state index is -3.29. The molecule has 0 saturated heterocycles. The average Bonchev–Trinajstić information content (AvgIpc) is 1.59. The SMILES string of the molecule is CS(=O)(=O)CO[P+](=O)O. The fraction of sp³-hybridized carbons (Fsp3) is 1.00. The molecule has 0 heterocycles. The molecule has 0 aromatic rings. The van der Waals surface area contributed by atoms with Crippen LogP contribution in [-0.2, 0) is 18.9 Å². The highest BCUT2D eigenvalue weighted by Crippen LogP contribution is 2.14. The molecule has 0 amide bonds. The van der Waals surface area contributed by atoms with Gasteiger partial charge in [0.1, 0.15) is 0 Å². The first-order valence-electron chi connectivity index (χ1n) is 1.88. The van der Waals surface area contributed by atoms with Crippen LogP contribution in [0.2, 0.25) is 0 Å². The zero-order valence-electron chi connectivity index (χ0n) is 4.64. The van der Waals surface area contributed by atoms with E-state index in [9.17, 15) is 13.0 Å². The van der Waals surface area contributed by atoms with Crippen LogP contribution in [0.15, 0.2) is 0 Å². The smallest absolute Gasteiger partial charge is 0.227 e. The van der Waals surface area contributed by atoms with Gasteiger partial charge in [0, 0.05) is 10.8 Å². The second-order valence-corrected chi connectivity index (χ2v) is 4.23. The maximum atomic E-state index is 10.2. The highest BCUT2D eigenvalue weighted by molar-refractivity contribution is 7.90. The van der Waals surface area contributed by atoms with Crippen LogP contribution >= 0.6 is 8.25 Å². The summed E-state index contributed by atoms with van der Waals surface area (Å²) in [6, 6.07) is 0. The number of hydrogen-bond acceptors (Lipinski definition) is 4. The highest BCUT2D eigenvalue weighted by Gasteiger charge is 2.16. The molecule has 0 aliphatic heterocycles. The molecule has 0 saturated carbocycles. The molecule has 0 bridgehead atoms. The predicted molar refractivity (Wildman–Crippen MR) is 30.6 cm³/mol. The van der Waals surface area contributed by atoms with Crippen molar-refractivity contribution < 1.29 is 22.4 Å². The number of rotatable bonds is 3. The van der Waals surface area contributed by atoms with E-state index < -0.39 is 24.0 Å². The lowest BCUT2D eigenvalue weighted by Crippen LogP contribution is -2.02. The van der Waals surface area contributed by atoms with Crippen molar-refractivity contribution in [3.63, 3.8) is 0 Å². The van der Waals surface area contributed by atoms with Crippen molar-refractivity contribution in [1.82, 2.24) is 0 Å². The zero-order chi connectivity index (χ0) is 7.49. The summed E-state index contributed by atoms with van der Waals surface area (Å²) in [4.78, 5) is 7.94. The Morgan fingerprint density at radius 1 is 1.67 bits per heavy atom. The first kappa shape index (κ1) is 8.97. The highest BCUT2D eigenvalue weighted by atomic mass is 32.2. The fourth-order valence-corrected chi connectivity index (χ4v) is 1.27. The molecule has 5 nitrogen and oxygen atoms in total. The monoisotopic (exact) mass is 173 g/mol. The Morgan fingerprint density at radius 2 is 2.11 bits per heavy atom. The van der Waals surface area contributed by atoms with Crippen LogP contribution in [0, 0.1) is 0 Å². The second-order valence-electron chi connectivity index (χ2n) is 1.41. The minimum absolute atomic E-state index is 0.710.